The third-order valence-corrected chi connectivity index (χ3v) is 3.94. The smallest absolute Gasteiger partial charge is 0.293 e. The Kier molecular flexibility index (Phi) is 3.68. The van der Waals surface area contributed by atoms with Crippen LogP contribution in [0.1, 0.15) is 30.3 Å². The summed E-state index contributed by atoms with van der Waals surface area (Å²) < 4.78 is 1.57. The van der Waals surface area contributed by atoms with Gasteiger partial charge < -0.3 is 9.47 Å². The zero-order chi connectivity index (χ0) is 14.8. The molecule has 6 nitrogen and oxygen atoms in total. The quantitative estimate of drug-likeness (QED) is 0.831. The van der Waals surface area contributed by atoms with Crippen LogP contribution in [-0.2, 0) is 7.05 Å². The molecule has 3 heterocycles. The highest BCUT2D eigenvalue weighted by atomic mass is 16.1. The molecule has 1 fully saturated rings. The molecule has 0 aliphatic carbocycles. The fraction of sp³-hybridized carbons (Fsp3) is 0.467. The molecule has 0 N–H and O–H groups in total. The van der Waals surface area contributed by atoms with Crippen molar-refractivity contribution in [3.63, 3.8) is 0 Å². The van der Waals surface area contributed by atoms with E-state index in [-0.39, 0.29) is 5.56 Å². The zero-order valence-electron chi connectivity index (χ0n) is 12.4. The van der Waals surface area contributed by atoms with Gasteiger partial charge in [0.2, 0.25) is 0 Å². The molecule has 3 rings (SSSR count). The maximum Gasteiger partial charge on any atom is 0.293 e. The molecule has 6 heteroatoms. The fourth-order valence-corrected chi connectivity index (χ4v) is 2.81. The van der Waals surface area contributed by atoms with Gasteiger partial charge in [-0.15, -0.1) is 0 Å². The number of hydrogen-bond acceptors (Lipinski definition) is 5. The minimum Gasteiger partial charge on any atom is -0.351 e. The number of anilines is 1. The Morgan fingerprint density at radius 1 is 1.29 bits per heavy atom. The summed E-state index contributed by atoms with van der Waals surface area (Å²) in [4.78, 5) is 27.2. The van der Waals surface area contributed by atoms with Gasteiger partial charge in [0.15, 0.2) is 5.82 Å². The van der Waals surface area contributed by atoms with Crippen LogP contribution in [0.2, 0.25) is 0 Å². The highest BCUT2D eigenvalue weighted by Gasteiger charge is 2.25. The fourth-order valence-electron chi connectivity index (χ4n) is 2.81. The summed E-state index contributed by atoms with van der Waals surface area (Å²) in [6.07, 6.45) is 7.28. The van der Waals surface area contributed by atoms with Crippen molar-refractivity contribution in [3.8, 4) is 0 Å². The van der Waals surface area contributed by atoms with Crippen LogP contribution in [0.5, 0.6) is 0 Å². The van der Waals surface area contributed by atoms with E-state index in [4.69, 9.17) is 0 Å². The summed E-state index contributed by atoms with van der Waals surface area (Å²) in [5.41, 5.74) is 1.01. The predicted octanol–water partition coefficient (Wildman–Crippen LogP) is 1.26. The first kappa shape index (κ1) is 13.7. The Hall–Kier alpha value is -2.24. The van der Waals surface area contributed by atoms with E-state index in [0.717, 1.165) is 37.4 Å². The molecule has 110 valence electrons. The van der Waals surface area contributed by atoms with E-state index in [2.05, 4.69) is 19.9 Å². The van der Waals surface area contributed by atoms with Crippen molar-refractivity contribution in [3.05, 3.63) is 46.5 Å². The second-order valence-corrected chi connectivity index (χ2v) is 5.48. The van der Waals surface area contributed by atoms with E-state index < -0.39 is 0 Å². The molecule has 21 heavy (non-hydrogen) atoms. The van der Waals surface area contributed by atoms with Gasteiger partial charge >= 0.3 is 0 Å². The van der Waals surface area contributed by atoms with Gasteiger partial charge in [-0.3, -0.25) is 4.79 Å². The Bertz CT molecular complexity index is 696. The standard InChI is InChI=1S/C15H19N5O/c1-11-16-6-5-13(18-11)12-4-3-8-20(10-12)14-15(21)19(2)9-7-17-14/h5-7,9,12H,3-4,8,10H2,1-2H3. The third-order valence-electron chi connectivity index (χ3n) is 3.94. The van der Waals surface area contributed by atoms with E-state index in [9.17, 15) is 4.79 Å². The molecule has 0 bridgehead atoms. The largest absolute Gasteiger partial charge is 0.351 e. The van der Waals surface area contributed by atoms with Gasteiger partial charge in [-0.1, -0.05) is 0 Å². The first-order valence-electron chi connectivity index (χ1n) is 7.21. The molecule has 1 aliphatic rings. The van der Waals surface area contributed by atoms with E-state index >= 15 is 0 Å². The van der Waals surface area contributed by atoms with Gasteiger partial charge in [-0.2, -0.15) is 0 Å². The molecular formula is C15H19N5O. The second kappa shape index (κ2) is 5.63. The Balaban J connectivity index is 1.86. The number of hydrogen-bond donors (Lipinski definition) is 0. The highest BCUT2D eigenvalue weighted by molar-refractivity contribution is 5.37. The van der Waals surface area contributed by atoms with Crippen LogP contribution in [0.3, 0.4) is 0 Å². The molecule has 1 atom stereocenters. The summed E-state index contributed by atoms with van der Waals surface area (Å²) in [7, 11) is 1.75. The molecule has 1 aliphatic heterocycles. The predicted molar refractivity (Wildman–Crippen MR) is 80.4 cm³/mol. The van der Waals surface area contributed by atoms with Crippen molar-refractivity contribution in [2.45, 2.75) is 25.7 Å². The lowest BCUT2D eigenvalue weighted by atomic mass is 9.94. The maximum atomic E-state index is 12.2. The molecule has 1 unspecified atom stereocenters. The van der Waals surface area contributed by atoms with Gasteiger partial charge in [0, 0.05) is 50.3 Å². The highest BCUT2D eigenvalue weighted by Crippen LogP contribution is 2.26. The van der Waals surface area contributed by atoms with Crippen molar-refractivity contribution < 1.29 is 0 Å². The van der Waals surface area contributed by atoms with Crippen molar-refractivity contribution in [1.82, 2.24) is 19.5 Å². The van der Waals surface area contributed by atoms with Crippen LogP contribution in [-0.4, -0.2) is 32.6 Å². The van der Waals surface area contributed by atoms with Crippen LogP contribution in [0.25, 0.3) is 0 Å². The van der Waals surface area contributed by atoms with E-state index in [1.807, 2.05) is 13.0 Å². The van der Waals surface area contributed by atoms with Crippen molar-refractivity contribution >= 4 is 5.82 Å². The van der Waals surface area contributed by atoms with Gasteiger partial charge in [0.05, 0.1) is 0 Å². The molecular weight excluding hydrogens is 266 g/mol. The third kappa shape index (κ3) is 2.79. The van der Waals surface area contributed by atoms with Crippen molar-refractivity contribution in [2.75, 3.05) is 18.0 Å². The van der Waals surface area contributed by atoms with Gasteiger partial charge in [0.1, 0.15) is 5.82 Å². The number of aromatic nitrogens is 4. The zero-order valence-corrected chi connectivity index (χ0v) is 12.4. The Morgan fingerprint density at radius 2 is 2.14 bits per heavy atom. The molecule has 2 aromatic heterocycles. The molecule has 0 amide bonds. The Morgan fingerprint density at radius 3 is 2.95 bits per heavy atom. The topological polar surface area (TPSA) is 63.9 Å². The maximum absolute atomic E-state index is 12.2. The number of piperidine rings is 1. The van der Waals surface area contributed by atoms with E-state index in [1.165, 1.54) is 0 Å². The summed E-state index contributed by atoms with van der Waals surface area (Å²) in [5.74, 6) is 1.65. The summed E-state index contributed by atoms with van der Waals surface area (Å²) in [5, 5.41) is 0. The molecule has 2 aromatic rings. The lowest BCUT2D eigenvalue weighted by Gasteiger charge is -2.32. The Labute approximate surface area is 123 Å². The molecule has 0 aromatic carbocycles. The van der Waals surface area contributed by atoms with Crippen LogP contribution < -0.4 is 10.5 Å². The van der Waals surface area contributed by atoms with Crippen LogP contribution in [0, 0.1) is 6.92 Å². The average molecular weight is 285 g/mol. The molecule has 0 radical (unpaired) electrons. The van der Waals surface area contributed by atoms with Crippen molar-refractivity contribution in [2.24, 2.45) is 7.05 Å². The van der Waals surface area contributed by atoms with Gasteiger partial charge in [-0.25, -0.2) is 15.0 Å². The minimum atomic E-state index is -0.0444. The average Bonchev–Trinajstić information content (AvgIpc) is 2.50. The summed E-state index contributed by atoms with van der Waals surface area (Å²) >= 11 is 0. The first-order chi connectivity index (χ1) is 10.1. The number of nitrogens with zero attached hydrogens (tertiary/aromatic N) is 5. The SMILES string of the molecule is Cc1nccc(C2CCCN(c3nccn(C)c3=O)C2)n1. The monoisotopic (exact) mass is 285 g/mol. The normalized spacial score (nSPS) is 18.8. The van der Waals surface area contributed by atoms with Gasteiger partial charge in [-0.05, 0) is 25.8 Å². The molecule has 1 saturated heterocycles. The second-order valence-electron chi connectivity index (χ2n) is 5.48. The van der Waals surface area contributed by atoms with Crippen LogP contribution in [0.4, 0.5) is 5.82 Å². The molecule has 0 spiro atoms. The van der Waals surface area contributed by atoms with Crippen molar-refractivity contribution in [1.29, 1.82) is 0 Å². The van der Waals surface area contributed by atoms with E-state index in [1.54, 1.807) is 30.2 Å². The number of aryl methyl sites for hydroxylation is 2. The summed E-state index contributed by atoms with van der Waals surface area (Å²) in [6, 6.07) is 1.97. The molecule has 0 saturated carbocycles. The van der Waals surface area contributed by atoms with Crippen LogP contribution in [0.15, 0.2) is 29.5 Å². The first-order valence-corrected chi connectivity index (χ1v) is 7.21. The lowest BCUT2D eigenvalue weighted by Crippen LogP contribution is -2.39. The summed E-state index contributed by atoms with van der Waals surface area (Å²) in [6.45, 7) is 3.55. The van der Waals surface area contributed by atoms with Crippen LogP contribution >= 0.6 is 0 Å². The lowest BCUT2D eigenvalue weighted by molar-refractivity contribution is 0.494. The van der Waals surface area contributed by atoms with Gasteiger partial charge in [0.25, 0.3) is 5.56 Å². The minimum absolute atomic E-state index is 0.0444. The number of rotatable bonds is 2. The van der Waals surface area contributed by atoms with E-state index in [0.29, 0.717) is 11.7 Å².